The van der Waals surface area contributed by atoms with E-state index in [0.29, 0.717) is 32.5 Å². The number of esters is 2. The molecule has 3 fully saturated rings. The van der Waals surface area contributed by atoms with E-state index >= 15 is 0 Å². The molecule has 9 heteroatoms. The van der Waals surface area contributed by atoms with Gasteiger partial charge in [0.2, 0.25) is 0 Å². The molecule has 0 radical (unpaired) electrons. The number of ether oxygens (including phenoxy) is 5. The third-order valence-corrected chi connectivity index (χ3v) is 8.29. The average Bonchev–Trinajstić information content (AvgIpc) is 3.34. The Labute approximate surface area is 199 Å². The number of hydrogen-bond acceptors (Lipinski definition) is 9. The molecule has 0 spiro atoms. The third kappa shape index (κ3) is 4.18. The summed E-state index contributed by atoms with van der Waals surface area (Å²) in [6, 6.07) is 1.77. The van der Waals surface area contributed by atoms with Gasteiger partial charge in [-0.05, 0) is 42.6 Å². The number of methoxy groups -OCH3 is 2. The lowest BCUT2D eigenvalue weighted by atomic mass is 9.43. The SMILES string of the molecule is COCCOCOC1CC(C(=O)OC)C2(C)CCC3C(=O)OC(c4ccoc4)CC3(C)C2C1=O. The fourth-order valence-electron chi connectivity index (χ4n) is 6.64. The molecule has 4 rings (SSSR count). The van der Waals surface area contributed by atoms with Gasteiger partial charge in [0.05, 0.1) is 44.7 Å². The maximum atomic E-state index is 14.0. The van der Waals surface area contributed by atoms with E-state index < -0.39 is 40.8 Å². The number of cyclic esters (lactones) is 1. The van der Waals surface area contributed by atoms with Crippen LogP contribution >= 0.6 is 0 Å². The van der Waals surface area contributed by atoms with Gasteiger partial charge in [-0.25, -0.2) is 0 Å². The topological polar surface area (TPSA) is 110 Å². The molecular formula is C25H34O9. The van der Waals surface area contributed by atoms with Crippen molar-refractivity contribution in [2.24, 2.45) is 28.6 Å². The summed E-state index contributed by atoms with van der Waals surface area (Å²) >= 11 is 0. The van der Waals surface area contributed by atoms with Gasteiger partial charge in [0.1, 0.15) is 19.0 Å². The van der Waals surface area contributed by atoms with Gasteiger partial charge < -0.3 is 28.1 Å². The van der Waals surface area contributed by atoms with Crippen LogP contribution in [0.2, 0.25) is 0 Å². The van der Waals surface area contributed by atoms with E-state index in [0.717, 1.165) is 5.56 Å². The van der Waals surface area contributed by atoms with Crippen molar-refractivity contribution in [3.63, 3.8) is 0 Å². The van der Waals surface area contributed by atoms with E-state index in [4.69, 9.17) is 28.1 Å². The Morgan fingerprint density at radius 2 is 1.97 bits per heavy atom. The van der Waals surface area contributed by atoms with Crippen LogP contribution in [0.3, 0.4) is 0 Å². The third-order valence-electron chi connectivity index (χ3n) is 8.29. The molecule has 7 atom stereocenters. The molecule has 2 aliphatic carbocycles. The van der Waals surface area contributed by atoms with Crippen LogP contribution in [0.15, 0.2) is 23.0 Å². The van der Waals surface area contributed by atoms with Gasteiger partial charge in [-0.3, -0.25) is 14.4 Å². The van der Waals surface area contributed by atoms with E-state index in [1.807, 2.05) is 13.8 Å². The minimum Gasteiger partial charge on any atom is -0.472 e. The molecular weight excluding hydrogens is 444 g/mol. The summed E-state index contributed by atoms with van der Waals surface area (Å²) in [7, 11) is 2.93. The Balaban J connectivity index is 1.67. The van der Waals surface area contributed by atoms with Crippen molar-refractivity contribution in [1.29, 1.82) is 0 Å². The Hall–Kier alpha value is -2.23. The monoisotopic (exact) mass is 478 g/mol. The molecule has 2 saturated carbocycles. The Morgan fingerprint density at radius 3 is 2.65 bits per heavy atom. The average molecular weight is 479 g/mol. The Bertz CT molecular complexity index is 896. The van der Waals surface area contributed by atoms with Gasteiger partial charge in [0.15, 0.2) is 5.78 Å². The van der Waals surface area contributed by atoms with E-state index in [2.05, 4.69) is 0 Å². The predicted octanol–water partition coefficient (Wildman–Crippen LogP) is 3.07. The van der Waals surface area contributed by atoms with Crippen molar-refractivity contribution in [3.05, 3.63) is 24.2 Å². The lowest BCUT2D eigenvalue weighted by molar-refractivity contribution is -0.213. The van der Waals surface area contributed by atoms with Gasteiger partial charge in [0, 0.05) is 18.6 Å². The molecule has 1 aliphatic heterocycles. The molecule has 0 amide bonds. The van der Waals surface area contributed by atoms with Gasteiger partial charge in [-0.15, -0.1) is 0 Å². The Morgan fingerprint density at radius 1 is 1.18 bits per heavy atom. The highest BCUT2D eigenvalue weighted by Gasteiger charge is 2.67. The van der Waals surface area contributed by atoms with Crippen molar-refractivity contribution < 1.29 is 42.5 Å². The summed E-state index contributed by atoms with van der Waals surface area (Å²) in [6.45, 7) is 4.62. The number of carbonyl (C=O) groups is 3. The van der Waals surface area contributed by atoms with E-state index in [9.17, 15) is 14.4 Å². The molecule has 0 bridgehead atoms. The molecule has 0 N–H and O–H groups in total. The zero-order chi connectivity index (χ0) is 24.5. The molecule has 188 valence electrons. The second-order valence-corrected chi connectivity index (χ2v) is 10.1. The first-order valence-electron chi connectivity index (χ1n) is 11.8. The predicted molar refractivity (Wildman–Crippen MR) is 117 cm³/mol. The van der Waals surface area contributed by atoms with E-state index in [1.165, 1.54) is 13.4 Å². The molecule has 9 nitrogen and oxygen atoms in total. The van der Waals surface area contributed by atoms with Crippen LogP contribution in [0.5, 0.6) is 0 Å². The van der Waals surface area contributed by atoms with Crippen LogP contribution in [-0.2, 0) is 38.1 Å². The van der Waals surface area contributed by atoms with Gasteiger partial charge in [-0.1, -0.05) is 13.8 Å². The molecule has 34 heavy (non-hydrogen) atoms. The minimum atomic E-state index is -0.828. The summed E-state index contributed by atoms with van der Waals surface area (Å²) in [4.78, 5) is 40.0. The fourth-order valence-corrected chi connectivity index (χ4v) is 6.64. The molecule has 1 aromatic heterocycles. The maximum Gasteiger partial charge on any atom is 0.310 e. The van der Waals surface area contributed by atoms with Crippen LogP contribution in [-0.4, -0.2) is 58.1 Å². The number of hydrogen-bond donors (Lipinski definition) is 0. The molecule has 7 unspecified atom stereocenters. The summed E-state index contributed by atoms with van der Waals surface area (Å²) in [5, 5.41) is 0. The highest BCUT2D eigenvalue weighted by atomic mass is 16.7. The number of ketones is 1. The zero-order valence-corrected chi connectivity index (χ0v) is 20.2. The maximum absolute atomic E-state index is 14.0. The second-order valence-electron chi connectivity index (χ2n) is 10.1. The first kappa shape index (κ1) is 24.9. The highest BCUT2D eigenvalue weighted by molar-refractivity contribution is 5.92. The number of carbonyl (C=O) groups excluding carboxylic acids is 3. The van der Waals surface area contributed by atoms with Crippen molar-refractivity contribution in [2.45, 2.75) is 51.7 Å². The zero-order valence-electron chi connectivity index (χ0n) is 20.2. The first-order valence-corrected chi connectivity index (χ1v) is 11.8. The van der Waals surface area contributed by atoms with Crippen LogP contribution in [0.1, 0.15) is 51.2 Å². The largest absolute Gasteiger partial charge is 0.472 e. The van der Waals surface area contributed by atoms with Crippen molar-refractivity contribution >= 4 is 17.7 Å². The van der Waals surface area contributed by atoms with Crippen molar-refractivity contribution in [2.75, 3.05) is 34.2 Å². The number of furan rings is 1. The fraction of sp³-hybridized carbons (Fsp3) is 0.720. The van der Waals surface area contributed by atoms with Crippen LogP contribution < -0.4 is 0 Å². The molecule has 1 saturated heterocycles. The van der Waals surface area contributed by atoms with Gasteiger partial charge in [-0.2, -0.15) is 0 Å². The lowest BCUT2D eigenvalue weighted by Gasteiger charge is -2.61. The summed E-state index contributed by atoms with van der Waals surface area (Å²) in [6.07, 6.45) is 3.53. The molecule has 2 heterocycles. The summed E-state index contributed by atoms with van der Waals surface area (Å²) < 4.78 is 32.4. The number of fused-ring (bicyclic) bond motifs is 3. The van der Waals surface area contributed by atoms with Gasteiger partial charge in [0.25, 0.3) is 0 Å². The highest BCUT2D eigenvalue weighted by Crippen LogP contribution is 2.65. The van der Waals surface area contributed by atoms with E-state index in [1.54, 1.807) is 19.4 Å². The molecule has 3 aliphatic rings. The van der Waals surface area contributed by atoms with Crippen molar-refractivity contribution in [1.82, 2.24) is 0 Å². The smallest absolute Gasteiger partial charge is 0.310 e. The standard InChI is InChI=1S/C25H34O9/c1-24-7-5-16-23(28)34-19(15-6-8-31-13-15)12-25(16,2)21(24)20(26)18(11-17(24)22(27)30-4)33-14-32-10-9-29-3/h6,8,13,16-19,21H,5,7,9-12,14H2,1-4H3. The summed E-state index contributed by atoms with van der Waals surface area (Å²) in [5.74, 6) is -2.32. The number of Topliss-reactive ketones (excluding diaryl/α,β-unsaturated/α-hetero) is 1. The van der Waals surface area contributed by atoms with Crippen LogP contribution in [0, 0.1) is 28.6 Å². The van der Waals surface area contributed by atoms with Crippen LogP contribution in [0.4, 0.5) is 0 Å². The van der Waals surface area contributed by atoms with Crippen LogP contribution in [0.25, 0.3) is 0 Å². The second kappa shape index (κ2) is 9.79. The van der Waals surface area contributed by atoms with Gasteiger partial charge >= 0.3 is 11.9 Å². The van der Waals surface area contributed by atoms with E-state index in [-0.39, 0.29) is 30.9 Å². The quantitative estimate of drug-likeness (QED) is 0.316. The Kier molecular flexibility index (Phi) is 7.17. The lowest BCUT2D eigenvalue weighted by Crippen LogP contribution is -2.64. The number of rotatable bonds is 8. The molecule has 0 aromatic carbocycles. The summed E-state index contributed by atoms with van der Waals surface area (Å²) in [5.41, 5.74) is -0.621. The molecule has 1 aromatic rings. The van der Waals surface area contributed by atoms with Crippen molar-refractivity contribution in [3.8, 4) is 0 Å². The first-order chi connectivity index (χ1) is 16.3. The normalized spacial score (nSPS) is 37.5. The minimum absolute atomic E-state index is 0.0864.